The van der Waals surface area contributed by atoms with Crippen molar-refractivity contribution in [3.05, 3.63) is 18.2 Å². The number of sulfonamides is 1. The average Bonchev–Trinajstić information content (AvgIpc) is 2.04. The van der Waals surface area contributed by atoms with Crippen LogP contribution >= 0.6 is 0 Å². The molecule has 0 saturated heterocycles. The van der Waals surface area contributed by atoms with E-state index < -0.39 is 10.0 Å². The molecule has 1 rings (SSSR count). The van der Waals surface area contributed by atoms with Gasteiger partial charge in [-0.05, 0) is 39.0 Å². The monoisotopic (exact) mass is 243 g/mol. The van der Waals surface area contributed by atoms with E-state index in [0.717, 1.165) is 0 Å². The Hall–Kier alpha value is -1.27. The highest BCUT2D eigenvalue weighted by Gasteiger charge is 2.14. The first-order valence-corrected chi connectivity index (χ1v) is 6.35. The Morgan fingerprint density at radius 2 is 1.81 bits per heavy atom. The molecule has 16 heavy (non-hydrogen) atoms. The summed E-state index contributed by atoms with van der Waals surface area (Å²) in [6.45, 7) is 5.96. The van der Waals surface area contributed by atoms with Crippen LogP contribution in [0.2, 0.25) is 0 Å². The zero-order valence-corrected chi connectivity index (χ0v) is 10.4. The van der Waals surface area contributed by atoms with Crippen LogP contribution in [0.4, 0.5) is 11.4 Å². The highest BCUT2D eigenvalue weighted by Crippen LogP contribution is 2.24. The minimum atomic E-state index is -3.69. The third-order valence-corrected chi connectivity index (χ3v) is 2.77. The Kier molecular flexibility index (Phi) is 3.16. The second-order valence-electron chi connectivity index (χ2n) is 4.67. The summed E-state index contributed by atoms with van der Waals surface area (Å²) >= 11 is 0. The van der Waals surface area contributed by atoms with Crippen molar-refractivity contribution in [3.63, 3.8) is 0 Å². The molecule has 0 spiro atoms. The second kappa shape index (κ2) is 3.95. The van der Waals surface area contributed by atoms with E-state index in [-0.39, 0.29) is 10.4 Å². The Morgan fingerprint density at radius 1 is 1.25 bits per heavy atom. The number of primary sulfonamides is 1. The van der Waals surface area contributed by atoms with E-state index in [9.17, 15) is 8.42 Å². The molecular weight excluding hydrogens is 226 g/mol. The summed E-state index contributed by atoms with van der Waals surface area (Å²) in [5.41, 5.74) is 6.66. The van der Waals surface area contributed by atoms with Crippen molar-refractivity contribution in [2.75, 3.05) is 11.1 Å². The number of nitrogens with one attached hydrogen (secondary N) is 1. The first kappa shape index (κ1) is 12.8. The van der Waals surface area contributed by atoms with Crippen molar-refractivity contribution in [1.82, 2.24) is 0 Å². The number of nitrogens with two attached hydrogens (primary N) is 2. The summed E-state index contributed by atoms with van der Waals surface area (Å²) in [4.78, 5) is 0.0180. The molecule has 0 saturated carbocycles. The van der Waals surface area contributed by atoms with Gasteiger partial charge in [-0.1, -0.05) is 0 Å². The minimum absolute atomic E-state index is 0.0180. The lowest BCUT2D eigenvalue weighted by Gasteiger charge is -2.23. The van der Waals surface area contributed by atoms with E-state index in [2.05, 4.69) is 5.32 Å². The third-order valence-electron chi connectivity index (χ3n) is 1.86. The lowest BCUT2D eigenvalue weighted by molar-refractivity contribution is 0.598. The maximum absolute atomic E-state index is 11.1. The fraction of sp³-hybridized carbons (Fsp3) is 0.400. The van der Waals surface area contributed by atoms with E-state index in [1.807, 2.05) is 20.8 Å². The number of anilines is 2. The molecule has 0 atom stereocenters. The van der Waals surface area contributed by atoms with Crippen molar-refractivity contribution in [2.24, 2.45) is 5.14 Å². The van der Waals surface area contributed by atoms with Gasteiger partial charge in [0.1, 0.15) is 0 Å². The van der Waals surface area contributed by atoms with Crippen LogP contribution in [-0.2, 0) is 10.0 Å². The standard InChI is InChI=1S/C10H17N3O2S/c1-10(2,3)13-9-5-4-7(6-8(9)11)16(12,14)15/h4-6,13H,11H2,1-3H3,(H2,12,14,15). The van der Waals surface area contributed by atoms with Gasteiger partial charge in [-0.3, -0.25) is 0 Å². The number of benzene rings is 1. The predicted molar refractivity (Wildman–Crippen MR) is 65.6 cm³/mol. The van der Waals surface area contributed by atoms with Crippen molar-refractivity contribution < 1.29 is 8.42 Å². The molecule has 0 bridgehead atoms. The van der Waals surface area contributed by atoms with E-state index in [1.165, 1.54) is 12.1 Å². The van der Waals surface area contributed by atoms with Gasteiger partial charge in [0.25, 0.3) is 0 Å². The van der Waals surface area contributed by atoms with Gasteiger partial charge in [0.2, 0.25) is 10.0 Å². The number of rotatable bonds is 2. The quantitative estimate of drug-likeness (QED) is 0.678. The molecule has 6 heteroatoms. The van der Waals surface area contributed by atoms with Crippen LogP contribution in [0.5, 0.6) is 0 Å². The highest BCUT2D eigenvalue weighted by atomic mass is 32.2. The summed E-state index contributed by atoms with van der Waals surface area (Å²) in [6, 6.07) is 4.39. The lowest BCUT2D eigenvalue weighted by Crippen LogP contribution is -2.26. The Labute approximate surface area is 95.9 Å². The van der Waals surface area contributed by atoms with Crippen molar-refractivity contribution in [1.29, 1.82) is 0 Å². The van der Waals surface area contributed by atoms with E-state index in [1.54, 1.807) is 6.07 Å². The molecule has 5 N–H and O–H groups in total. The molecular formula is C10H17N3O2S. The lowest BCUT2D eigenvalue weighted by atomic mass is 10.1. The molecule has 5 nitrogen and oxygen atoms in total. The van der Waals surface area contributed by atoms with Gasteiger partial charge in [0.15, 0.2) is 0 Å². The molecule has 0 amide bonds. The summed E-state index contributed by atoms with van der Waals surface area (Å²) in [7, 11) is -3.69. The summed E-state index contributed by atoms with van der Waals surface area (Å²) in [5, 5.41) is 8.17. The van der Waals surface area contributed by atoms with Crippen LogP contribution in [0.1, 0.15) is 20.8 Å². The number of hydrogen-bond donors (Lipinski definition) is 3. The Morgan fingerprint density at radius 3 is 2.19 bits per heavy atom. The van der Waals surface area contributed by atoms with Gasteiger partial charge in [0, 0.05) is 5.54 Å². The summed E-state index contributed by atoms with van der Waals surface area (Å²) < 4.78 is 22.2. The van der Waals surface area contributed by atoms with Crippen LogP contribution in [0, 0.1) is 0 Å². The Balaban J connectivity index is 3.11. The first-order chi connectivity index (χ1) is 7.09. The van der Waals surface area contributed by atoms with Crippen LogP contribution in [0.3, 0.4) is 0 Å². The fourth-order valence-corrected chi connectivity index (χ4v) is 1.78. The summed E-state index contributed by atoms with van der Waals surface area (Å²) in [6.07, 6.45) is 0. The minimum Gasteiger partial charge on any atom is -0.397 e. The molecule has 0 fully saturated rings. The SMILES string of the molecule is CC(C)(C)Nc1ccc(S(N)(=O)=O)cc1N. The second-order valence-corrected chi connectivity index (χ2v) is 6.23. The van der Waals surface area contributed by atoms with Gasteiger partial charge in [-0.25, -0.2) is 13.6 Å². The maximum atomic E-state index is 11.1. The molecule has 1 aromatic carbocycles. The molecule has 0 heterocycles. The van der Waals surface area contributed by atoms with Crippen LogP contribution < -0.4 is 16.2 Å². The molecule has 90 valence electrons. The third kappa shape index (κ3) is 3.39. The smallest absolute Gasteiger partial charge is 0.238 e. The normalized spacial score (nSPS) is 12.5. The largest absolute Gasteiger partial charge is 0.397 e. The van der Waals surface area contributed by atoms with Crippen LogP contribution in [-0.4, -0.2) is 14.0 Å². The van der Waals surface area contributed by atoms with Crippen LogP contribution in [0.15, 0.2) is 23.1 Å². The zero-order valence-electron chi connectivity index (χ0n) is 9.61. The maximum Gasteiger partial charge on any atom is 0.238 e. The van der Waals surface area contributed by atoms with E-state index in [0.29, 0.717) is 11.4 Å². The molecule has 0 aliphatic carbocycles. The van der Waals surface area contributed by atoms with E-state index >= 15 is 0 Å². The van der Waals surface area contributed by atoms with Gasteiger partial charge in [-0.2, -0.15) is 0 Å². The zero-order chi connectivity index (χ0) is 12.6. The topological polar surface area (TPSA) is 98.2 Å². The molecule has 1 aromatic rings. The van der Waals surface area contributed by atoms with Crippen molar-refractivity contribution in [2.45, 2.75) is 31.2 Å². The van der Waals surface area contributed by atoms with Gasteiger partial charge in [-0.15, -0.1) is 0 Å². The van der Waals surface area contributed by atoms with Gasteiger partial charge < -0.3 is 11.1 Å². The predicted octanol–water partition coefficient (Wildman–Crippen LogP) is 1.13. The first-order valence-electron chi connectivity index (χ1n) is 4.80. The fourth-order valence-electron chi connectivity index (χ4n) is 1.24. The molecule has 0 radical (unpaired) electrons. The molecule has 0 aliphatic heterocycles. The van der Waals surface area contributed by atoms with Gasteiger partial charge >= 0.3 is 0 Å². The molecule has 0 unspecified atom stereocenters. The van der Waals surface area contributed by atoms with Crippen LogP contribution in [0.25, 0.3) is 0 Å². The highest BCUT2D eigenvalue weighted by molar-refractivity contribution is 7.89. The summed E-state index contributed by atoms with van der Waals surface area (Å²) in [5.74, 6) is 0. The van der Waals surface area contributed by atoms with Crippen molar-refractivity contribution in [3.8, 4) is 0 Å². The Bertz CT molecular complexity index is 489. The van der Waals surface area contributed by atoms with Gasteiger partial charge in [0.05, 0.1) is 16.3 Å². The molecule has 0 aliphatic rings. The van der Waals surface area contributed by atoms with E-state index in [4.69, 9.17) is 10.9 Å². The number of hydrogen-bond acceptors (Lipinski definition) is 4. The average molecular weight is 243 g/mol. The van der Waals surface area contributed by atoms with Crippen molar-refractivity contribution >= 4 is 21.4 Å². The number of nitrogen functional groups attached to an aromatic ring is 1. The molecule has 0 aromatic heterocycles.